The second-order valence-corrected chi connectivity index (χ2v) is 5.25. The van der Waals surface area contributed by atoms with Gasteiger partial charge in [0.15, 0.2) is 0 Å². The Morgan fingerprint density at radius 1 is 1.48 bits per heavy atom. The van der Waals surface area contributed by atoms with Crippen LogP contribution in [-0.2, 0) is 6.54 Å². The summed E-state index contributed by atoms with van der Waals surface area (Å²) in [4.78, 5) is 26.7. The van der Waals surface area contributed by atoms with Crippen LogP contribution in [0.2, 0.25) is 0 Å². The predicted octanol–water partition coefficient (Wildman–Crippen LogP) is 1.49. The van der Waals surface area contributed by atoms with Crippen LogP contribution in [0, 0.1) is 10.1 Å². The molecule has 3 rings (SSSR count). The average molecular weight is 316 g/mol. The van der Waals surface area contributed by atoms with Crippen LogP contribution < -0.4 is 10.6 Å². The Kier molecular flexibility index (Phi) is 3.92. The standard InChI is InChI=1S/C14H16N6O3/c1-15-14(21)9-4-5-10(12(7-9)20(22)23)18-11-3-2-6-19-13(11)16-8-17-19/h4-5,7-8,11,18H,2-3,6H2,1H3,(H,15,21). The molecular formula is C14H16N6O3. The van der Waals surface area contributed by atoms with Crippen molar-refractivity contribution in [1.29, 1.82) is 0 Å². The van der Waals surface area contributed by atoms with Crippen molar-refractivity contribution >= 4 is 17.3 Å². The molecule has 2 heterocycles. The molecule has 0 bridgehead atoms. The number of carbonyl (C=O) groups is 1. The van der Waals surface area contributed by atoms with Crippen LogP contribution in [-0.4, -0.2) is 32.6 Å². The fourth-order valence-electron chi connectivity index (χ4n) is 2.70. The number of aryl methyl sites for hydroxylation is 1. The summed E-state index contributed by atoms with van der Waals surface area (Å²) >= 11 is 0. The fraction of sp³-hybridized carbons (Fsp3) is 0.357. The highest BCUT2D eigenvalue weighted by molar-refractivity contribution is 5.95. The molecule has 0 saturated heterocycles. The van der Waals surface area contributed by atoms with Crippen LogP contribution in [0.15, 0.2) is 24.5 Å². The largest absolute Gasteiger partial charge is 0.370 e. The maximum Gasteiger partial charge on any atom is 0.293 e. The molecule has 1 aromatic carbocycles. The molecular weight excluding hydrogens is 300 g/mol. The summed E-state index contributed by atoms with van der Waals surface area (Å²) in [6.07, 6.45) is 3.21. The van der Waals surface area contributed by atoms with Crippen molar-refractivity contribution in [3.63, 3.8) is 0 Å². The van der Waals surface area contributed by atoms with Crippen LogP contribution in [0.1, 0.15) is 35.1 Å². The number of carbonyl (C=O) groups excluding carboxylic acids is 1. The van der Waals surface area contributed by atoms with E-state index in [-0.39, 0.29) is 23.2 Å². The lowest BCUT2D eigenvalue weighted by Gasteiger charge is -2.24. The number of hydrogen-bond donors (Lipinski definition) is 2. The molecule has 0 saturated carbocycles. The number of nitrogens with zero attached hydrogens (tertiary/aromatic N) is 4. The quantitative estimate of drug-likeness (QED) is 0.652. The molecule has 0 spiro atoms. The van der Waals surface area contributed by atoms with Gasteiger partial charge in [-0.05, 0) is 25.0 Å². The summed E-state index contributed by atoms with van der Waals surface area (Å²) in [5, 5.41) is 21.1. The monoisotopic (exact) mass is 316 g/mol. The topological polar surface area (TPSA) is 115 Å². The third kappa shape index (κ3) is 2.85. The summed E-state index contributed by atoms with van der Waals surface area (Å²) in [5.41, 5.74) is 0.475. The van der Waals surface area contributed by atoms with Gasteiger partial charge in [-0.25, -0.2) is 9.67 Å². The lowest BCUT2D eigenvalue weighted by molar-refractivity contribution is -0.384. The highest BCUT2D eigenvalue weighted by atomic mass is 16.6. The second-order valence-electron chi connectivity index (χ2n) is 5.25. The van der Waals surface area contributed by atoms with Crippen molar-refractivity contribution in [3.8, 4) is 0 Å². The van der Waals surface area contributed by atoms with E-state index < -0.39 is 4.92 Å². The molecule has 2 N–H and O–H groups in total. The minimum Gasteiger partial charge on any atom is -0.370 e. The Bertz CT molecular complexity index is 757. The Morgan fingerprint density at radius 2 is 2.30 bits per heavy atom. The van der Waals surface area contributed by atoms with Crippen LogP contribution >= 0.6 is 0 Å². The zero-order valence-electron chi connectivity index (χ0n) is 12.5. The summed E-state index contributed by atoms with van der Waals surface area (Å²) in [5.74, 6) is 0.401. The molecule has 1 aliphatic rings. The molecule has 1 amide bonds. The van der Waals surface area contributed by atoms with Gasteiger partial charge in [-0.15, -0.1) is 0 Å². The second kappa shape index (κ2) is 6.03. The molecule has 120 valence electrons. The van der Waals surface area contributed by atoms with Gasteiger partial charge in [-0.3, -0.25) is 14.9 Å². The van der Waals surface area contributed by atoms with E-state index in [0.29, 0.717) is 5.69 Å². The van der Waals surface area contributed by atoms with E-state index in [1.54, 1.807) is 16.8 Å². The highest BCUT2D eigenvalue weighted by Crippen LogP contribution is 2.32. The smallest absolute Gasteiger partial charge is 0.293 e. The van der Waals surface area contributed by atoms with E-state index in [1.807, 2.05) is 0 Å². The van der Waals surface area contributed by atoms with Crippen molar-refractivity contribution in [2.75, 3.05) is 12.4 Å². The highest BCUT2D eigenvalue weighted by Gasteiger charge is 2.25. The van der Waals surface area contributed by atoms with E-state index in [2.05, 4.69) is 20.7 Å². The molecule has 9 nitrogen and oxygen atoms in total. The van der Waals surface area contributed by atoms with E-state index in [4.69, 9.17) is 0 Å². The maximum atomic E-state index is 11.6. The first-order valence-corrected chi connectivity index (χ1v) is 7.25. The summed E-state index contributed by atoms with van der Waals surface area (Å²) < 4.78 is 1.80. The molecule has 1 atom stereocenters. The van der Waals surface area contributed by atoms with Gasteiger partial charge in [0.25, 0.3) is 11.6 Å². The molecule has 23 heavy (non-hydrogen) atoms. The van der Waals surface area contributed by atoms with Gasteiger partial charge in [0.2, 0.25) is 0 Å². The molecule has 1 aromatic heterocycles. The molecule has 1 aliphatic heterocycles. The zero-order valence-corrected chi connectivity index (χ0v) is 12.5. The number of benzene rings is 1. The minimum atomic E-state index is -0.498. The average Bonchev–Trinajstić information content (AvgIpc) is 3.04. The van der Waals surface area contributed by atoms with Crippen LogP contribution in [0.5, 0.6) is 0 Å². The lowest BCUT2D eigenvalue weighted by atomic mass is 10.1. The number of rotatable bonds is 4. The van der Waals surface area contributed by atoms with Crippen LogP contribution in [0.25, 0.3) is 0 Å². The van der Waals surface area contributed by atoms with Gasteiger partial charge in [0, 0.05) is 25.2 Å². The SMILES string of the molecule is CNC(=O)c1ccc(NC2CCCn3ncnc32)c([N+](=O)[O-])c1. The number of nitrogens with one attached hydrogen (secondary N) is 2. The van der Waals surface area contributed by atoms with Gasteiger partial charge in [-0.1, -0.05) is 0 Å². The number of anilines is 1. The summed E-state index contributed by atoms with van der Waals surface area (Å²) in [6.45, 7) is 0.797. The van der Waals surface area contributed by atoms with Gasteiger partial charge in [-0.2, -0.15) is 5.10 Å². The molecule has 1 unspecified atom stereocenters. The zero-order chi connectivity index (χ0) is 16.4. The van der Waals surface area contributed by atoms with Crippen LogP contribution in [0.3, 0.4) is 0 Å². The normalized spacial score (nSPS) is 16.5. The molecule has 0 aliphatic carbocycles. The number of amides is 1. The van der Waals surface area contributed by atoms with E-state index in [0.717, 1.165) is 25.2 Å². The first-order valence-electron chi connectivity index (χ1n) is 7.25. The van der Waals surface area contributed by atoms with E-state index >= 15 is 0 Å². The summed E-state index contributed by atoms with van der Waals surface area (Å²) in [7, 11) is 1.48. The number of nitro benzene ring substituents is 1. The first kappa shape index (κ1) is 14.9. The molecule has 9 heteroatoms. The minimum absolute atomic E-state index is 0.136. The van der Waals surface area contributed by atoms with Crippen molar-refractivity contribution < 1.29 is 9.72 Å². The number of nitro groups is 1. The van der Waals surface area contributed by atoms with Gasteiger partial charge < -0.3 is 10.6 Å². The Labute approximate surface area is 131 Å². The van der Waals surface area contributed by atoms with Crippen molar-refractivity contribution in [1.82, 2.24) is 20.1 Å². The fourth-order valence-corrected chi connectivity index (χ4v) is 2.70. The lowest BCUT2D eigenvalue weighted by Crippen LogP contribution is -2.23. The van der Waals surface area contributed by atoms with Gasteiger partial charge in [0.1, 0.15) is 17.8 Å². The number of fused-ring (bicyclic) bond motifs is 1. The Hall–Kier alpha value is -2.97. The van der Waals surface area contributed by atoms with Crippen molar-refractivity contribution in [2.45, 2.75) is 25.4 Å². The third-order valence-corrected chi connectivity index (χ3v) is 3.83. The Balaban J connectivity index is 1.92. The van der Waals surface area contributed by atoms with Gasteiger partial charge in [0.05, 0.1) is 11.0 Å². The van der Waals surface area contributed by atoms with Crippen molar-refractivity contribution in [2.24, 2.45) is 0 Å². The predicted molar refractivity (Wildman–Crippen MR) is 82.1 cm³/mol. The van der Waals surface area contributed by atoms with E-state index in [1.165, 1.54) is 19.4 Å². The number of aromatic nitrogens is 3. The molecule has 0 radical (unpaired) electrons. The van der Waals surface area contributed by atoms with Gasteiger partial charge >= 0.3 is 0 Å². The van der Waals surface area contributed by atoms with Crippen molar-refractivity contribution in [3.05, 3.63) is 46.0 Å². The number of hydrogen-bond acceptors (Lipinski definition) is 6. The first-order chi connectivity index (χ1) is 11.1. The van der Waals surface area contributed by atoms with E-state index in [9.17, 15) is 14.9 Å². The third-order valence-electron chi connectivity index (χ3n) is 3.83. The van der Waals surface area contributed by atoms with Crippen LogP contribution in [0.4, 0.5) is 11.4 Å². The maximum absolute atomic E-state index is 11.6. The molecule has 2 aromatic rings. The summed E-state index contributed by atoms with van der Waals surface area (Å²) in [6, 6.07) is 4.24. The Morgan fingerprint density at radius 3 is 3.04 bits per heavy atom. The molecule has 0 fully saturated rings.